The first kappa shape index (κ1) is 9.80. The standard InChI is InChI=1S/C10H16N2OS/c1-11(2)9-3-4-10(14-9)12-5-7-13-8-6-12/h3-4H,5-8H2,1-2H3. The molecule has 2 rings (SSSR count). The van der Waals surface area contributed by atoms with Crippen LogP contribution in [0.3, 0.4) is 0 Å². The van der Waals surface area contributed by atoms with Crippen LogP contribution in [0.1, 0.15) is 0 Å². The first-order valence-corrected chi connectivity index (χ1v) is 5.69. The van der Waals surface area contributed by atoms with E-state index >= 15 is 0 Å². The summed E-state index contributed by atoms with van der Waals surface area (Å²) in [5.74, 6) is 0. The minimum atomic E-state index is 0.856. The molecule has 0 aliphatic carbocycles. The average molecular weight is 212 g/mol. The van der Waals surface area contributed by atoms with Crippen molar-refractivity contribution in [1.82, 2.24) is 0 Å². The molecular formula is C10H16N2OS. The summed E-state index contributed by atoms with van der Waals surface area (Å²) in [6.07, 6.45) is 0. The van der Waals surface area contributed by atoms with Crippen LogP contribution >= 0.6 is 11.3 Å². The maximum Gasteiger partial charge on any atom is 0.0931 e. The molecule has 1 aromatic rings. The zero-order valence-electron chi connectivity index (χ0n) is 8.69. The highest BCUT2D eigenvalue weighted by molar-refractivity contribution is 7.20. The van der Waals surface area contributed by atoms with Gasteiger partial charge in [-0.2, -0.15) is 0 Å². The monoisotopic (exact) mass is 212 g/mol. The Balaban J connectivity index is 2.07. The SMILES string of the molecule is CN(C)c1ccc(N2CCOCC2)s1. The third kappa shape index (κ3) is 2.01. The first-order chi connectivity index (χ1) is 6.77. The lowest BCUT2D eigenvalue weighted by atomic mass is 10.4. The van der Waals surface area contributed by atoms with Gasteiger partial charge in [-0.15, -0.1) is 11.3 Å². The van der Waals surface area contributed by atoms with Crippen molar-refractivity contribution in [2.75, 3.05) is 50.2 Å². The van der Waals surface area contributed by atoms with Crippen molar-refractivity contribution in [3.8, 4) is 0 Å². The molecule has 4 heteroatoms. The number of thiophene rings is 1. The molecule has 0 unspecified atom stereocenters. The number of anilines is 2. The van der Waals surface area contributed by atoms with Crippen LogP contribution in [0.5, 0.6) is 0 Å². The van der Waals surface area contributed by atoms with Crippen molar-refractivity contribution in [3.05, 3.63) is 12.1 Å². The van der Waals surface area contributed by atoms with E-state index in [1.165, 1.54) is 10.0 Å². The molecule has 0 spiro atoms. The third-order valence-corrected chi connectivity index (χ3v) is 3.65. The van der Waals surface area contributed by atoms with Crippen molar-refractivity contribution in [2.45, 2.75) is 0 Å². The zero-order chi connectivity index (χ0) is 9.97. The Labute approximate surface area is 88.9 Å². The second kappa shape index (κ2) is 4.19. The molecule has 1 saturated heterocycles. The molecule has 1 aliphatic heterocycles. The van der Waals surface area contributed by atoms with Gasteiger partial charge < -0.3 is 14.5 Å². The number of morpholine rings is 1. The predicted molar refractivity (Wildman–Crippen MR) is 61.7 cm³/mol. The normalized spacial score (nSPS) is 17.1. The molecule has 3 nitrogen and oxygen atoms in total. The van der Waals surface area contributed by atoms with Gasteiger partial charge in [0, 0.05) is 27.2 Å². The molecule has 1 aliphatic rings. The second-order valence-electron chi connectivity index (χ2n) is 3.61. The van der Waals surface area contributed by atoms with Crippen LogP contribution < -0.4 is 9.80 Å². The topological polar surface area (TPSA) is 15.7 Å². The van der Waals surface area contributed by atoms with Crippen LogP contribution in [-0.4, -0.2) is 40.4 Å². The summed E-state index contributed by atoms with van der Waals surface area (Å²) in [6.45, 7) is 3.76. The van der Waals surface area contributed by atoms with Gasteiger partial charge in [0.25, 0.3) is 0 Å². The molecule has 0 bridgehead atoms. The van der Waals surface area contributed by atoms with Crippen LogP contribution in [-0.2, 0) is 4.74 Å². The first-order valence-electron chi connectivity index (χ1n) is 4.87. The van der Waals surface area contributed by atoms with Crippen molar-refractivity contribution in [1.29, 1.82) is 0 Å². The highest BCUT2D eigenvalue weighted by Gasteiger charge is 2.13. The Hall–Kier alpha value is -0.740. The lowest BCUT2D eigenvalue weighted by Crippen LogP contribution is -2.35. The van der Waals surface area contributed by atoms with Gasteiger partial charge in [0.05, 0.1) is 23.2 Å². The van der Waals surface area contributed by atoms with Crippen molar-refractivity contribution >= 4 is 21.3 Å². The number of hydrogen-bond acceptors (Lipinski definition) is 4. The minimum absolute atomic E-state index is 0.856. The molecular weight excluding hydrogens is 196 g/mol. The maximum atomic E-state index is 5.33. The summed E-state index contributed by atoms with van der Waals surface area (Å²) >= 11 is 1.84. The fourth-order valence-electron chi connectivity index (χ4n) is 1.51. The third-order valence-electron chi connectivity index (χ3n) is 2.34. The molecule has 0 amide bonds. The number of rotatable bonds is 2. The van der Waals surface area contributed by atoms with Gasteiger partial charge in [0.1, 0.15) is 0 Å². The highest BCUT2D eigenvalue weighted by Crippen LogP contribution is 2.31. The molecule has 0 radical (unpaired) electrons. The van der Waals surface area contributed by atoms with Crippen LogP contribution in [0.2, 0.25) is 0 Å². The van der Waals surface area contributed by atoms with Crippen LogP contribution in [0, 0.1) is 0 Å². The van der Waals surface area contributed by atoms with Gasteiger partial charge in [-0.25, -0.2) is 0 Å². The van der Waals surface area contributed by atoms with Gasteiger partial charge in [0.15, 0.2) is 0 Å². The smallest absolute Gasteiger partial charge is 0.0931 e. The molecule has 14 heavy (non-hydrogen) atoms. The van der Waals surface area contributed by atoms with E-state index in [9.17, 15) is 0 Å². The van der Waals surface area contributed by atoms with E-state index in [1.807, 2.05) is 11.3 Å². The van der Waals surface area contributed by atoms with Crippen LogP contribution in [0.25, 0.3) is 0 Å². The molecule has 2 heterocycles. The summed E-state index contributed by atoms with van der Waals surface area (Å²) in [5, 5.41) is 2.67. The lowest BCUT2D eigenvalue weighted by molar-refractivity contribution is 0.123. The number of ether oxygens (including phenoxy) is 1. The van der Waals surface area contributed by atoms with Gasteiger partial charge >= 0.3 is 0 Å². The molecule has 1 fully saturated rings. The molecule has 78 valence electrons. The largest absolute Gasteiger partial charge is 0.378 e. The van der Waals surface area contributed by atoms with E-state index in [2.05, 4.69) is 36.0 Å². The van der Waals surface area contributed by atoms with E-state index in [1.54, 1.807) is 0 Å². The molecule has 0 aromatic carbocycles. The Morgan fingerprint density at radius 2 is 2.00 bits per heavy atom. The van der Waals surface area contributed by atoms with E-state index < -0.39 is 0 Å². The zero-order valence-corrected chi connectivity index (χ0v) is 9.51. The molecule has 1 aromatic heterocycles. The van der Waals surface area contributed by atoms with Gasteiger partial charge in [-0.05, 0) is 12.1 Å². The van der Waals surface area contributed by atoms with Gasteiger partial charge in [-0.3, -0.25) is 0 Å². The van der Waals surface area contributed by atoms with Gasteiger partial charge in [-0.1, -0.05) is 0 Å². The van der Waals surface area contributed by atoms with E-state index in [4.69, 9.17) is 4.74 Å². The van der Waals surface area contributed by atoms with E-state index in [0.717, 1.165) is 26.3 Å². The number of hydrogen-bond donors (Lipinski definition) is 0. The number of nitrogens with zero attached hydrogens (tertiary/aromatic N) is 2. The van der Waals surface area contributed by atoms with Crippen molar-refractivity contribution < 1.29 is 4.74 Å². The Kier molecular flexibility index (Phi) is 2.93. The van der Waals surface area contributed by atoms with E-state index in [0.29, 0.717) is 0 Å². The summed E-state index contributed by atoms with van der Waals surface area (Å²) in [4.78, 5) is 4.54. The summed E-state index contributed by atoms with van der Waals surface area (Å²) < 4.78 is 5.33. The highest BCUT2D eigenvalue weighted by atomic mass is 32.1. The fourth-order valence-corrected chi connectivity index (χ4v) is 2.49. The predicted octanol–water partition coefficient (Wildman–Crippen LogP) is 1.65. The Morgan fingerprint density at radius 3 is 2.57 bits per heavy atom. The molecule has 0 saturated carbocycles. The Morgan fingerprint density at radius 1 is 1.29 bits per heavy atom. The average Bonchev–Trinajstić information content (AvgIpc) is 2.68. The van der Waals surface area contributed by atoms with Crippen LogP contribution in [0.15, 0.2) is 12.1 Å². The summed E-state index contributed by atoms with van der Waals surface area (Å²) in [7, 11) is 4.16. The lowest BCUT2D eigenvalue weighted by Gasteiger charge is -2.27. The maximum absolute atomic E-state index is 5.33. The van der Waals surface area contributed by atoms with Crippen LogP contribution in [0.4, 0.5) is 10.0 Å². The second-order valence-corrected chi connectivity index (χ2v) is 4.65. The van der Waals surface area contributed by atoms with Crippen molar-refractivity contribution in [2.24, 2.45) is 0 Å². The fraction of sp³-hybridized carbons (Fsp3) is 0.600. The van der Waals surface area contributed by atoms with E-state index in [-0.39, 0.29) is 0 Å². The summed E-state index contributed by atoms with van der Waals surface area (Å²) in [6, 6.07) is 4.38. The van der Waals surface area contributed by atoms with Crippen molar-refractivity contribution in [3.63, 3.8) is 0 Å². The molecule has 0 N–H and O–H groups in total. The Bertz CT molecular complexity index is 292. The quantitative estimate of drug-likeness (QED) is 0.741. The minimum Gasteiger partial charge on any atom is -0.378 e. The molecule has 0 atom stereocenters. The van der Waals surface area contributed by atoms with Gasteiger partial charge in [0.2, 0.25) is 0 Å². The summed E-state index contributed by atoms with van der Waals surface area (Å²) in [5.41, 5.74) is 0.